The molecule has 0 saturated heterocycles. The van der Waals surface area contributed by atoms with Crippen molar-refractivity contribution in [2.45, 2.75) is 6.48 Å². The highest BCUT2D eigenvalue weighted by molar-refractivity contribution is 5.86. The van der Waals surface area contributed by atoms with Crippen molar-refractivity contribution in [3.8, 4) is 0 Å². The predicted molar refractivity (Wildman–Crippen MR) is 49.8 cm³/mol. The van der Waals surface area contributed by atoms with E-state index in [0.29, 0.717) is 0 Å². The normalized spacial score (nSPS) is 10.8. The Morgan fingerprint density at radius 2 is 1.93 bits per heavy atom. The Bertz CT molecular complexity index is 316. The Labute approximate surface area is 81.1 Å². The maximum absolute atomic E-state index is 10.8. The smallest absolute Gasteiger partial charge is 0.334 e. The molecule has 4 heteroatoms. The van der Waals surface area contributed by atoms with E-state index < -0.39 is 12.4 Å². The van der Waals surface area contributed by atoms with E-state index in [9.17, 15) is 4.79 Å². The van der Waals surface area contributed by atoms with Crippen LogP contribution in [0.25, 0.3) is 6.08 Å². The van der Waals surface area contributed by atoms with Gasteiger partial charge in [-0.25, -0.2) is 4.79 Å². The number of ether oxygens (including phenoxy) is 1. The van der Waals surface area contributed by atoms with Gasteiger partial charge in [0.2, 0.25) is 0 Å². The third-order valence-electron chi connectivity index (χ3n) is 1.43. The minimum absolute atomic E-state index is 0.802. The Morgan fingerprint density at radius 3 is 2.50 bits per heavy atom. The summed E-state index contributed by atoms with van der Waals surface area (Å²) in [7, 11) is 0. The molecule has 0 atom stereocenters. The summed E-state index contributed by atoms with van der Waals surface area (Å²) in [5, 5.41) is 16.6. The lowest BCUT2D eigenvalue weighted by Gasteiger charge is -2.01. The molecule has 0 radical (unpaired) electrons. The van der Waals surface area contributed by atoms with Crippen molar-refractivity contribution >= 4 is 12.0 Å². The van der Waals surface area contributed by atoms with Crippen LogP contribution in [0.1, 0.15) is 5.56 Å². The summed E-state index contributed by atoms with van der Waals surface area (Å²) >= 11 is 0. The van der Waals surface area contributed by atoms with Gasteiger partial charge in [-0.3, -0.25) is 0 Å². The molecule has 1 aromatic carbocycles. The summed E-state index contributed by atoms with van der Waals surface area (Å²) in [4.78, 5) is 10.8. The molecule has 14 heavy (non-hydrogen) atoms. The van der Waals surface area contributed by atoms with E-state index in [1.165, 1.54) is 6.08 Å². The Kier molecular flexibility index (Phi) is 3.84. The van der Waals surface area contributed by atoms with Gasteiger partial charge in [-0.1, -0.05) is 30.3 Å². The molecule has 4 nitrogen and oxygen atoms in total. The van der Waals surface area contributed by atoms with Crippen molar-refractivity contribution in [2.75, 3.05) is 0 Å². The average molecular weight is 194 g/mol. The first-order valence-electron chi connectivity index (χ1n) is 3.98. The highest BCUT2D eigenvalue weighted by Crippen LogP contribution is 2.01. The third-order valence-corrected chi connectivity index (χ3v) is 1.43. The van der Waals surface area contributed by atoms with Gasteiger partial charge >= 0.3 is 12.4 Å². The van der Waals surface area contributed by atoms with Crippen LogP contribution in [0, 0.1) is 0 Å². The summed E-state index contributed by atoms with van der Waals surface area (Å²) in [5.74, 6) is -0.802. The van der Waals surface area contributed by atoms with E-state index in [1.54, 1.807) is 12.1 Å². The Hall–Kier alpha value is -1.65. The maximum Gasteiger partial charge on any atom is 0.334 e. The summed E-state index contributed by atoms with van der Waals surface area (Å²) in [6.07, 6.45) is 2.64. The van der Waals surface area contributed by atoms with E-state index in [2.05, 4.69) is 4.74 Å². The Balaban J connectivity index is 2.52. The van der Waals surface area contributed by atoms with Crippen molar-refractivity contribution in [3.05, 3.63) is 42.0 Å². The highest BCUT2D eigenvalue weighted by Gasteiger charge is 2.01. The maximum atomic E-state index is 10.8. The fraction of sp³-hybridized carbons (Fsp3) is 0.100. The van der Waals surface area contributed by atoms with Crippen LogP contribution in [-0.4, -0.2) is 22.7 Å². The van der Waals surface area contributed by atoms with Crippen LogP contribution in [0.2, 0.25) is 0 Å². The minimum Gasteiger partial charge on any atom is -0.407 e. The van der Waals surface area contributed by atoms with Crippen LogP contribution in [-0.2, 0) is 9.53 Å². The zero-order valence-electron chi connectivity index (χ0n) is 7.33. The molecule has 0 fully saturated rings. The molecule has 0 amide bonds. The number of carbonyl (C=O) groups is 1. The SMILES string of the molecule is O=C(C=Cc1ccccc1)OC(O)O. The number of aliphatic hydroxyl groups excluding tert-OH is 1. The number of esters is 1. The molecule has 0 bridgehead atoms. The molecule has 0 spiro atoms. The molecule has 0 aliphatic carbocycles. The van der Waals surface area contributed by atoms with Gasteiger partial charge in [-0.15, -0.1) is 0 Å². The van der Waals surface area contributed by atoms with Gasteiger partial charge in [0.25, 0.3) is 0 Å². The zero-order chi connectivity index (χ0) is 10.4. The second-order valence-electron chi connectivity index (χ2n) is 2.51. The first-order chi connectivity index (χ1) is 6.68. The summed E-state index contributed by atoms with van der Waals surface area (Å²) < 4.78 is 4.06. The molecule has 0 aliphatic heterocycles. The molecule has 2 N–H and O–H groups in total. The van der Waals surface area contributed by atoms with Crippen molar-refractivity contribution in [2.24, 2.45) is 0 Å². The van der Waals surface area contributed by atoms with Crippen LogP contribution in [0.3, 0.4) is 0 Å². The third kappa shape index (κ3) is 3.84. The van der Waals surface area contributed by atoms with Gasteiger partial charge in [0, 0.05) is 6.08 Å². The fourth-order valence-corrected chi connectivity index (χ4v) is 0.872. The number of hydrogen-bond donors (Lipinski definition) is 2. The van der Waals surface area contributed by atoms with Gasteiger partial charge in [-0.05, 0) is 11.6 Å². The van der Waals surface area contributed by atoms with E-state index >= 15 is 0 Å². The lowest BCUT2D eigenvalue weighted by atomic mass is 10.2. The Morgan fingerprint density at radius 1 is 1.29 bits per heavy atom. The second-order valence-corrected chi connectivity index (χ2v) is 2.51. The number of aliphatic hydroxyl groups is 2. The number of carbonyl (C=O) groups excluding carboxylic acids is 1. The van der Waals surface area contributed by atoms with Gasteiger partial charge in [0.1, 0.15) is 0 Å². The van der Waals surface area contributed by atoms with E-state index in [1.807, 2.05) is 18.2 Å². The molecule has 0 heterocycles. The number of benzene rings is 1. The van der Waals surface area contributed by atoms with Crippen LogP contribution in [0.5, 0.6) is 0 Å². The molecule has 74 valence electrons. The van der Waals surface area contributed by atoms with Crippen molar-refractivity contribution in [3.63, 3.8) is 0 Å². The van der Waals surface area contributed by atoms with E-state index in [4.69, 9.17) is 10.2 Å². The molecule has 1 rings (SSSR count). The lowest BCUT2D eigenvalue weighted by molar-refractivity contribution is -0.225. The van der Waals surface area contributed by atoms with Crippen molar-refractivity contribution < 1.29 is 19.7 Å². The average Bonchev–Trinajstić information content (AvgIpc) is 2.15. The van der Waals surface area contributed by atoms with Crippen molar-refractivity contribution in [1.82, 2.24) is 0 Å². The monoisotopic (exact) mass is 194 g/mol. The van der Waals surface area contributed by atoms with Gasteiger partial charge in [0.05, 0.1) is 0 Å². The predicted octanol–water partition coefficient (Wildman–Crippen LogP) is 0.511. The second kappa shape index (κ2) is 5.16. The van der Waals surface area contributed by atoms with Crippen LogP contribution >= 0.6 is 0 Å². The quantitative estimate of drug-likeness (QED) is 0.418. The van der Waals surface area contributed by atoms with E-state index in [-0.39, 0.29) is 0 Å². The highest BCUT2D eigenvalue weighted by atomic mass is 16.7. The van der Waals surface area contributed by atoms with Gasteiger partial charge in [-0.2, -0.15) is 0 Å². The van der Waals surface area contributed by atoms with Crippen LogP contribution in [0.4, 0.5) is 0 Å². The van der Waals surface area contributed by atoms with Gasteiger partial charge in [0.15, 0.2) is 0 Å². The molecule has 0 aliphatic rings. The first-order valence-corrected chi connectivity index (χ1v) is 3.98. The first kappa shape index (κ1) is 10.4. The fourth-order valence-electron chi connectivity index (χ4n) is 0.872. The zero-order valence-corrected chi connectivity index (χ0v) is 7.33. The number of rotatable bonds is 3. The summed E-state index contributed by atoms with van der Waals surface area (Å²) in [6.45, 7) is -2.07. The summed E-state index contributed by atoms with van der Waals surface area (Å²) in [6, 6.07) is 9.11. The molecule has 1 aromatic rings. The molecule has 0 saturated carbocycles. The molecule has 0 unspecified atom stereocenters. The van der Waals surface area contributed by atoms with Crippen LogP contribution < -0.4 is 0 Å². The van der Waals surface area contributed by atoms with Gasteiger partial charge < -0.3 is 14.9 Å². The van der Waals surface area contributed by atoms with Crippen molar-refractivity contribution in [1.29, 1.82) is 0 Å². The minimum atomic E-state index is -2.07. The topological polar surface area (TPSA) is 66.8 Å². The lowest BCUT2D eigenvalue weighted by Crippen LogP contribution is -2.14. The molecular weight excluding hydrogens is 184 g/mol. The number of hydrogen-bond acceptors (Lipinski definition) is 4. The molecular formula is C10H10O4. The van der Waals surface area contributed by atoms with E-state index in [0.717, 1.165) is 11.6 Å². The molecule has 0 aromatic heterocycles. The summed E-state index contributed by atoms with van der Waals surface area (Å²) in [5.41, 5.74) is 0.830. The largest absolute Gasteiger partial charge is 0.407 e. The van der Waals surface area contributed by atoms with Crippen LogP contribution in [0.15, 0.2) is 36.4 Å². The standard InChI is InChI=1S/C10H10O4/c11-9(14-10(12)13)7-6-8-4-2-1-3-5-8/h1-7,10,12-13H.